The fraction of sp³-hybridized carbons (Fsp3) is 0.400. The first-order chi connectivity index (χ1) is 18.6. The van der Waals surface area contributed by atoms with Crippen molar-refractivity contribution in [1.29, 1.82) is 0 Å². The molecule has 2 aromatic rings. The van der Waals surface area contributed by atoms with E-state index < -0.39 is 54.8 Å². The zero-order valence-corrected chi connectivity index (χ0v) is 21.2. The molecule has 14 nitrogen and oxygen atoms in total. The minimum atomic E-state index is -1.25. The van der Waals surface area contributed by atoms with Crippen LogP contribution in [0.25, 0.3) is 10.9 Å². The number of piperazine rings is 1. The van der Waals surface area contributed by atoms with Crippen molar-refractivity contribution in [3.63, 3.8) is 0 Å². The van der Waals surface area contributed by atoms with Crippen molar-refractivity contribution in [1.82, 2.24) is 25.4 Å². The molecule has 0 radical (unpaired) electrons. The molecular weight excluding hydrogens is 514 g/mol. The third-order valence-corrected chi connectivity index (χ3v) is 5.96. The van der Waals surface area contributed by atoms with E-state index in [2.05, 4.69) is 15.6 Å². The van der Waals surface area contributed by atoms with Gasteiger partial charge < -0.3 is 35.4 Å². The maximum absolute atomic E-state index is 13.3. The van der Waals surface area contributed by atoms with Gasteiger partial charge in [-0.2, -0.15) is 0 Å². The minimum absolute atomic E-state index is 0.00972. The molecule has 0 spiro atoms. The first-order valence-electron chi connectivity index (χ1n) is 12.2. The maximum atomic E-state index is 13.3. The number of carbonyl (C=O) groups excluding carboxylic acids is 4. The number of fused-ring (bicyclic) bond motifs is 1. The summed E-state index contributed by atoms with van der Waals surface area (Å²) in [6, 6.07) is 6.43. The molecule has 39 heavy (non-hydrogen) atoms. The van der Waals surface area contributed by atoms with E-state index in [1.54, 1.807) is 31.2 Å². The third-order valence-electron chi connectivity index (χ3n) is 5.96. The van der Waals surface area contributed by atoms with Crippen LogP contribution in [0, 0.1) is 0 Å². The second-order valence-electron chi connectivity index (χ2n) is 8.62. The Hall–Kier alpha value is -4.75. The van der Waals surface area contributed by atoms with Gasteiger partial charge in [0.1, 0.15) is 18.3 Å². The molecule has 3 rings (SSSR count). The summed E-state index contributed by atoms with van der Waals surface area (Å²) in [7, 11) is 0. The highest BCUT2D eigenvalue weighted by molar-refractivity contribution is 6.09. The van der Waals surface area contributed by atoms with E-state index in [9.17, 15) is 28.8 Å². The number of ether oxygens (including phenoxy) is 1. The minimum Gasteiger partial charge on any atom is -0.481 e. The summed E-state index contributed by atoms with van der Waals surface area (Å²) in [6.07, 6.45) is -1.09. The topological polar surface area (TPSA) is 196 Å². The van der Waals surface area contributed by atoms with Crippen LogP contribution in [0.3, 0.4) is 0 Å². The van der Waals surface area contributed by atoms with E-state index in [1.165, 1.54) is 15.9 Å². The van der Waals surface area contributed by atoms with Gasteiger partial charge in [-0.15, -0.1) is 0 Å². The van der Waals surface area contributed by atoms with Crippen LogP contribution < -0.4 is 10.6 Å². The molecule has 2 heterocycles. The summed E-state index contributed by atoms with van der Waals surface area (Å²) in [5.41, 5.74) is 0.0825. The highest BCUT2D eigenvalue weighted by Crippen LogP contribution is 2.19. The van der Waals surface area contributed by atoms with Gasteiger partial charge >= 0.3 is 18.0 Å². The quantitative estimate of drug-likeness (QED) is 0.324. The van der Waals surface area contributed by atoms with Crippen LogP contribution >= 0.6 is 0 Å². The Bertz CT molecular complexity index is 1270. The van der Waals surface area contributed by atoms with Gasteiger partial charge in [0.25, 0.3) is 11.8 Å². The van der Waals surface area contributed by atoms with E-state index in [0.29, 0.717) is 5.39 Å². The lowest BCUT2D eigenvalue weighted by Crippen LogP contribution is -2.56. The highest BCUT2D eigenvalue weighted by atomic mass is 16.6. The summed E-state index contributed by atoms with van der Waals surface area (Å²) in [5, 5.41) is 23.2. The number of carbonyl (C=O) groups is 6. The number of benzene rings is 1. The van der Waals surface area contributed by atoms with E-state index in [1.807, 2.05) is 0 Å². The molecule has 4 N–H and O–H groups in total. The number of nitrogens with zero attached hydrogens (tertiary/aromatic N) is 3. The maximum Gasteiger partial charge on any atom is 0.409 e. The van der Waals surface area contributed by atoms with Gasteiger partial charge in [0.15, 0.2) is 0 Å². The zero-order chi connectivity index (χ0) is 28.5. The lowest BCUT2D eigenvalue weighted by Gasteiger charge is -2.35. The van der Waals surface area contributed by atoms with Crippen LogP contribution in [0.1, 0.15) is 40.6 Å². The molecule has 0 bridgehead atoms. The van der Waals surface area contributed by atoms with Crippen molar-refractivity contribution < 1.29 is 43.7 Å². The molecule has 1 fully saturated rings. The van der Waals surface area contributed by atoms with Crippen LogP contribution in [0.2, 0.25) is 0 Å². The molecule has 1 aliphatic rings. The van der Waals surface area contributed by atoms with Gasteiger partial charge in [0.05, 0.1) is 17.7 Å². The first-order valence-corrected chi connectivity index (χ1v) is 12.2. The van der Waals surface area contributed by atoms with Gasteiger partial charge in [-0.1, -0.05) is 18.2 Å². The highest BCUT2D eigenvalue weighted by Gasteiger charge is 2.31. The van der Waals surface area contributed by atoms with Crippen LogP contribution in [0.4, 0.5) is 4.79 Å². The number of carboxylic acid groups (broad SMARTS) is 2. The zero-order valence-electron chi connectivity index (χ0n) is 21.2. The molecule has 0 aliphatic carbocycles. The SMILES string of the molecule is CCOC(=O)N1CCN(C(=O)C(CCC(=O)O)NC(=O)c2cc(C(=O)NCC(=O)O)c3ccccc3n2)CC1. The van der Waals surface area contributed by atoms with Crippen molar-refractivity contribution in [3.8, 4) is 0 Å². The van der Waals surface area contributed by atoms with Crippen LogP contribution in [-0.4, -0.2) is 106 Å². The number of amides is 4. The number of hydrogen-bond acceptors (Lipinski definition) is 8. The Morgan fingerprint density at radius 2 is 1.64 bits per heavy atom. The number of para-hydroxylation sites is 1. The van der Waals surface area contributed by atoms with E-state index >= 15 is 0 Å². The average Bonchev–Trinajstić information content (AvgIpc) is 2.92. The van der Waals surface area contributed by atoms with Gasteiger partial charge in [0, 0.05) is 38.0 Å². The lowest BCUT2D eigenvalue weighted by atomic mass is 10.1. The fourth-order valence-electron chi connectivity index (χ4n) is 4.03. The second kappa shape index (κ2) is 13.2. The summed E-state index contributed by atoms with van der Waals surface area (Å²) in [6.45, 7) is 2.03. The predicted molar refractivity (Wildman–Crippen MR) is 135 cm³/mol. The van der Waals surface area contributed by atoms with Gasteiger partial charge in [-0.3, -0.25) is 24.0 Å². The Morgan fingerprint density at radius 3 is 2.28 bits per heavy atom. The van der Waals surface area contributed by atoms with Crippen molar-refractivity contribution in [2.24, 2.45) is 0 Å². The summed E-state index contributed by atoms with van der Waals surface area (Å²) >= 11 is 0. The molecule has 14 heteroatoms. The number of carboxylic acids is 2. The van der Waals surface area contributed by atoms with Crippen LogP contribution in [-0.2, 0) is 19.1 Å². The van der Waals surface area contributed by atoms with Gasteiger partial charge in [-0.05, 0) is 25.5 Å². The molecule has 0 saturated carbocycles. The average molecular weight is 544 g/mol. The lowest BCUT2D eigenvalue weighted by molar-refractivity contribution is -0.138. The summed E-state index contributed by atoms with van der Waals surface area (Å²) < 4.78 is 4.97. The monoisotopic (exact) mass is 543 g/mol. The number of hydrogen-bond donors (Lipinski definition) is 4. The molecule has 1 aromatic heterocycles. The van der Waals surface area contributed by atoms with Crippen molar-refractivity contribution in [2.45, 2.75) is 25.8 Å². The Labute approximate surface area is 222 Å². The van der Waals surface area contributed by atoms with E-state index in [4.69, 9.17) is 14.9 Å². The largest absolute Gasteiger partial charge is 0.481 e. The fourth-order valence-corrected chi connectivity index (χ4v) is 4.03. The van der Waals surface area contributed by atoms with Crippen LogP contribution in [0.15, 0.2) is 30.3 Å². The Morgan fingerprint density at radius 1 is 0.974 bits per heavy atom. The number of aromatic nitrogens is 1. The molecule has 1 saturated heterocycles. The third kappa shape index (κ3) is 7.63. The summed E-state index contributed by atoms with van der Waals surface area (Å²) in [5.74, 6) is -4.48. The van der Waals surface area contributed by atoms with Gasteiger partial charge in [-0.25, -0.2) is 9.78 Å². The van der Waals surface area contributed by atoms with Crippen molar-refractivity contribution in [3.05, 3.63) is 41.6 Å². The molecule has 4 amide bonds. The normalized spacial score (nSPS) is 13.9. The van der Waals surface area contributed by atoms with Crippen LogP contribution in [0.5, 0.6) is 0 Å². The van der Waals surface area contributed by atoms with Crippen molar-refractivity contribution in [2.75, 3.05) is 39.3 Å². The number of pyridine rings is 1. The molecular formula is C25H29N5O9. The molecule has 1 aliphatic heterocycles. The predicted octanol–water partition coefficient (Wildman–Crippen LogP) is 0.313. The standard InChI is InChI=1S/C25H29N5O9/c1-2-39-25(38)30-11-9-29(10-12-30)24(37)18(7-8-20(31)32)28-23(36)19-13-16(22(35)26-14-21(33)34)15-5-3-4-6-17(15)27-19/h3-6,13,18H,2,7-12,14H2,1H3,(H,26,35)(H,28,36)(H,31,32)(H,33,34). The molecule has 1 atom stereocenters. The van der Waals surface area contributed by atoms with Gasteiger partial charge in [0.2, 0.25) is 5.91 Å². The summed E-state index contributed by atoms with van der Waals surface area (Å²) in [4.78, 5) is 80.3. The smallest absolute Gasteiger partial charge is 0.409 e. The second-order valence-corrected chi connectivity index (χ2v) is 8.62. The van der Waals surface area contributed by atoms with Crippen molar-refractivity contribution >= 4 is 46.7 Å². The van der Waals surface area contributed by atoms with E-state index in [0.717, 1.165) is 0 Å². The molecule has 1 aromatic carbocycles. The number of rotatable bonds is 10. The Balaban J connectivity index is 1.81. The number of nitrogens with one attached hydrogen (secondary N) is 2. The number of aliphatic carboxylic acids is 2. The molecule has 208 valence electrons. The Kier molecular flexibility index (Phi) is 9.73. The molecule has 1 unspecified atom stereocenters. The first kappa shape index (κ1) is 28.8. The van der Waals surface area contributed by atoms with E-state index in [-0.39, 0.29) is 56.0 Å².